The number of carbonyl (C=O) groups excluding carboxylic acids is 2. The maximum Gasteiger partial charge on any atom is 0.417 e. The molecule has 0 saturated heterocycles. The van der Waals surface area contributed by atoms with Crippen LogP contribution in [0.1, 0.15) is 23.7 Å². The Morgan fingerprint density at radius 2 is 2.19 bits per heavy atom. The number of nitrogens with zero attached hydrogens (tertiary/aromatic N) is 1. The second-order valence-corrected chi connectivity index (χ2v) is 6.08. The van der Waals surface area contributed by atoms with Crippen molar-refractivity contribution in [3.63, 3.8) is 0 Å². The highest BCUT2D eigenvalue weighted by Crippen LogP contribution is 2.48. The Labute approximate surface area is 150 Å². The van der Waals surface area contributed by atoms with Crippen LogP contribution in [-0.4, -0.2) is 23.5 Å². The number of furan rings is 1. The van der Waals surface area contributed by atoms with Gasteiger partial charge in [0.15, 0.2) is 12.4 Å². The standard InChI is InChI=1S/C16H12ClF3N2O4/c17-11-4-8(16(18,19)20)6-21-14(11)22-13(23)7-26-15(24)10-5-9(10)12-2-1-3-25-12/h1-4,6,9-10H,5,7H2,(H,21,22,23)/t9-,10+/m1/s1. The Morgan fingerprint density at radius 1 is 1.42 bits per heavy atom. The molecule has 6 nitrogen and oxygen atoms in total. The topological polar surface area (TPSA) is 81.4 Å². The van der Waals surface area contributed by atoms with Gasteiger partial charge in [-0.05, 0) is 24.6 Å². The van der Waals surface area contributed by atoms with Crippen molar-refractivity contribution < 1.29 is 31.9 Å². The molecule has 1 aliphatic rings. The molecule has 138 valence electrons. The number of hydrogen-bond donors (Lipinski definition) is 1. The van der Waals surface area contributed by atoms with Crippen LogP contribution in [0.2, 0.25) is 5.02 Å². The number of anilines is 1. The van der Waals surface area contributed by atoms with Crippen molar-refractivity contribution in [2.45, 2.75) is 18.5 Å². The van der Waals surface area contributed by atoms with Crippen LogP contribution in [0.3, 0.4) is 0 Å². The molecule has 1 fully saturated rings. The van der Waals surface area contributed by atoms with E-state index >= 15 is 0 Å². The van der Waals surface area contributed by atoms with E-state index < -0.39 is 30.2 Å². The number of alkyl halides is 3. The molecular weight excluding hydrogens is 377 g/mol. The summed E-state index contributed by atoms with van der Waals surface area (Å²) in [5.74, 6) is -1.32. The molecule has 2 heterocycles. The van der Waals surface area contributed by atoms with Gasteiger partial charge in [-0.1, -0.05) is 11.6 Å². The summed E-state index contributed by atoms with van der Waals surface area (Å²) in [5.41, 5.74) is -1.04. The van der Waals surface area contributed by atoms with Gasteiger partial charge in [0.1, 0.15) is 5.76 Å². The minimum atomic E-state index is -4.59. The van der Waals surface area contributed by atoms with Crippen molar-refractivity contribution in [2.75, 3.05) is 11.9 Å². The number of pyridine rings is 1. The SMILES string of the molecule is O=C(COC(=O)[C@H]1C[C@H]1c1ccco1)Nc1ncc(C(F)(F)F)cc1Cl. The zero-order valence-corrected chi connectivity index (χ0v) is 13.8. The van der Waals surface area contributed by atoms with Crippen LogP contribution in [0.5, 0.6) is 0 Å². The number of hydrogen-bond acceptors (Lipinski definition) is 5. The van der Waals surface area contributed by atoms with E-state index in [1.54, 1.807) is 12.1 Å². The van der Waals surface area contributed by atoms with Crippen molar-refractivity contribution in [3.8, 4) is 0 Å². The second-order valence-electron chi connectivity index (χ2n) is 5.67. The maximum atomic E-state index is 12.5. The zero-order valence-electron chi connectivity index (χ0n) is 13.0. The van der Waals surface area contributed by atoms with Crippen LogP contribution in [0.4, 0.5) is 19.0 Å². The lowest BCUT2D eigenvalue weighted by Crippen LogP contribution is -2.22. The van der Waals surface area contributed by atoms with Gasteiger partial charge in [0.2, 0.25) is 0 Å². The second kappa shape index (κ2) is 6.99. The predicted octanol–water partition coefficient (Wildman–Crippen LogP) is 3.63. The molecule has 0 spiro atoms. The fourth-order valence-corrected chi connectivity index (χ4v) is 2.58. The highest BCUT2D eigenvalue weighted by Gasteiger charge is 2.47. The van der Waals surface area contributed by atoms with Gasteiger partial charge >= 0.3 is 12.1 Å². The van der Waals surface area contributed by atoms with Crippen molar-refractivity contribution in [2.24, 2.45) is 5.92 Å². The van der Waals surface area contributed by atoms with Crippen LogP contribution in [0.25, 0.3) is 0 Å². The molecule has 0 unspecified atom stereocenters. The Kier molecular flexibility index (Phi) is 4.90. The van der Waals surface area contributed by atoms with Gasteiger partial charge in [-0.3, -0.25) is 9.59 Å². The van der Waals surface area contributed by atoms with Crippen LogP contribution >= 0.6 is 11.6 Å². The summed E-state index contributed by atoms with van der Waals surface area (Å²) >= 11 is 5.68. The molecule has 0 bridgehead atoms. The molecular formula is C16H12ClF3N2O4. The minimum absolute atomic E-state index is 0.0633. The first-order valence-electron chi connectivity index (χ1n) is 7.48. The summed E-state index contributed by atoms with van der Waals surface area (Å²) in [5, 5.41) is 1.82. The molecule has 3 rings (SSSR count). The third-order valence-electron chi connectivity index (χ3n) is 3.77. The fraction of sp³-hybridized carbons (Fsp3) is 0.312. The highest BCUT2D eigenvalue weighted by atomic mass is 35.5. The number of esters is 1. The van der Waals surface area contributed by atoms with Gasteiger partial charge < -0.3 is 14.5 Å². The third-order valence-corrected chi connectivity index (χ3v) is 4.06. The molecule has 2 aromatic rings. The third kappa shape index (κ3) is 4.16. The van der Waals surface area contributed by atoms with Gasteiger partial charge in [0, 0.05) is 12.1 Å². The van der Waals surface area contributed by atoms with Crippen molar-refractivity contribution >= 4 is 29.3 Å². The van der Waals surface area contributed by atoms with E-state index in [0.29, 0.717) is 24.4 Å². The number of nitrogens with one attached hydrogen (secondary N) is 1. The van der Waals surface area contributed by atoms with Crippen LogP contribution < -0.4 is 5.32 Å². The van der Waals surface area contributed by atoms with E-state index in [1.807, 2.05) is 0 Å². The summed E-state index contributed by atoms with van der Waals surface area (Å²) in [6.07, 6.45) is -1.97. The fourth-order valence-electron chi connectivity index (χ4n) is 2.37. The Hall–Kier alpha value is -2.55. The van der Waals surface area contributed by atoms with Gasteiger partial charge in [0.05, 0.1) is 22.8 Å². The monoisotopic (exact) mass is 388 g/mol. The summed E-state index contributed by atoms with van der Waals surface area (Å²) < 4.78 is 47.7. The lowest BCUT2D eigenvalue weighted by molar-refractivity contribution is -0.148. The quantitative estimate of drug-likeness (QED) is 0.791. The molecule has 2 aromatic heterocycles. The number of ether oxygens (including phenoxy) is 1. The van der Waals surface area contributed by atoms with Crippen LogP contribution in [0.15, 0.2) is 35.1 Å². The van der Waals surface area contributed by atoms with Crippen molar-refractivity contribution in [1.29, 1.82) is 0 Å². The number of amides is 1. The Bertz CT molecular complexity index is 823. The summed E-state index contributed by atoms with van der Waals surface area (Å²) in [7, 11) is 0. The molecule has 1 N–H and O–H groups in total. The average Bonchev–Trinajstić information content (AvgIpc) is 3.19. The highest BCUT2D eigenvalue weighted by molar-refractivity contribution is 6.33. The average molecular weight is 389 g/mol. The van der Waals surface area contributed by atoms with Gasteiger partial charge in [0.25, 0.3) is 5.91 Å². The molecule has 0 radical (unpaired) electrons. The molecule has 0 aromatic carbocycles. The van der Waals surface area contributed by atoms with Crippen molar-refractivity contribution in [1.82, 2.24) is 4.98 Å². The lowest BCUT2D eigenvalue weighted by atomic mass is 10.2. The number of aromatic nitrogens is 1. The van der Waals surface area contributed by atoms with Crippen LogP contribution in [-0.2, 0) is 20.5 Å². The van der Waals surface area contributed by atoms with E-state index in [1.165, 1.54) is 6.26 Å². The van der Waals surface area contributed by atoms with Crippen LogP contribution in [0, 0.1) is 5.92 Å². The first-order chi connectivity index (χ1) is 12.3. The van der Waals surface area contributed by atoms with E-state index in [0.717, 1.165) is 0 Å². The first kappa shape index (κ1) is 18.2. The molecule has 1 saturated carbocycles. The van der Waals surface area contributed by atoms with Gasteiger partial charge in [-0.25, -0.2) is 4.98 Å². The van der Waals surface area contributed by atoms with E-state index in [2.05, 4.69) is 10.3 Å². The normalized spacial score (nSPS) is 19.1. The number of carbonyl (C=O) groups is 2. The van der Waals surface area contributed by atoms with Gasteiger partial charge in [-0.15, -0.1) is 0 Å². The number of rotatable bonds is 5. The van der Waals surface area contributed by atoms with Gasteiger partial charge in [-0.2, -0.15) is 13.2 Å². The number of halogens is 4. The van der Waals surface area contributed by atoms with E-state index in [-0.39, 0.29) is 22.7 Å². The summed E-state index contributed by atoms with van der Waals surface area (Å²) in [6, 6.07) is 4.11. The Balaban J connectivity index is 1.50. The molecule has 10 heteroatoms. The molecule has 1 aliphatic carbocycles. The summed E-state index contributed by atoms with van der Waals surface area (Å²) in [6.45, 7) is -0.598. The van der Waals surface area contributed by atoms with Crippen molar-refractivity contribution in [3.05, 3.63) is 47.0 Å². The maximum absolute atomic E-state index is 12.5. The minimum Gasteiger partial charge on any atom is -0.469 e. The molecule has 1 amide bonds. The largest absolute Gasteiger partial charge is 0.469 e. The van der Waals surface area contributed by atoms with E-state index in [9.17, 15) is 22.8 Å². The molecule has 2 atom stereocenters. The first-order valence-corrected chi connectivity index (χ1v) is 7.86. The molecule has 0 aliphatic heterocycles. The zero-order chi connectivity index (χ0) is 18.9. The summed E-state index contributed by atoms with van der Waals surface area (Å²) in [4.78, 5) is 27.1. The predicted molar refractivity (Wildman–Crippen MR) is 83.4 cm³/mol. The van der Waals surface area contributed by atoms with E-state index in [4.69, 9.17) is 20.8 Å². The molecule has 26 heavy (non-hydrogen) atoms. The smallest absolute Gasteiger partial charge is 0.417 e. The lowest BCUT2D eigenvalue weighted by Gasteiger charge is -2.10. The Morgan fingerprint density at radius 3 is 2.81 bits per heavy atom.